The van der Waals surface area contributed by atoms with E-state index in [0.29, 0.717) is 22.1 Å². The van der Waals surface area contributed by atoms with Crippen molar-refractivity contribution in [1.82, 2.24) is 9.97 Å². The number of nitrogens with zero attached hydrogens (tertiary/aromatic N) is 2. The summed E-state index contributed by atoms with van der Waals surface area (Å²) < 4.78 is 0. The zero-order chi connectivity index (χ0) is 18.6. The van der Waals surface area contributed by atoms with Crippen LogP contribution in [0.2, 0.25) is 5.02 Å². The number of rotatable bonds is 4. The number of hydrogen-bond donors (Lipinski definition) is 2. The lowest BCUT2D eigenvalue weighted by atomic mass is 10.1. The number of benzene rings is 2. The second-order valence-corrected chi connectivity index (χ2v) is 6.32. The summed E-state index contributed by atoms with van der Waals surface area (Å²) >= 11 is 5.89. The quantitative estimate of drug-likeness (QED) is 0.510. The van der Waals surface area contributed by atoms with E-state index in [1.54, 1.807) is 55.0 Å². The number of fused-ring (bicyclic) bond motifs is 1. The highest BCUT2D eigenvalue weighted by Gasteiger charge is 2.13. The monoisotopic (exact) mass is 374 g/mol. The molecule has 2 aromatic heterocycles. The van der Waals surface area contributed by atoms with Crippen molar-refractivity contribution in [2.75, 3.05) is 10.6 Å². The van der Waals surface area contributed by atoms with Crippen LogP contribution in [0.4, 0.5) is 17.2 Å². The topological polar surface area (TPSA) is 66.9 Å². The van der Waals surface area contributed by atoms with Gasteiger partial charge in [-0.1, -0.05) is 23.7 Å². The Kier molecular flexibility index (Phi) is 4.68. The van der Waals surface area contributed by atoms with Crippen LogP contribution in [0.3, 0.4) is 0 Å². The van der Waals surface area contributed by atoms with Gasteiger partial charge in [-0.15, -0.1) is 0 Å². The summed E-state index contributed by atoms with van der Waals surface area (Å²) in [6, 6.07) is 18.2. The van der Waals surface area contributed by atoms with Crippen molar-refractivity contribution in [2.45, 2.75) is 0 Å². The van der Waals surface area contributed by atoms with E-state index in [1.165, 1.54) is 0 Å². The van der Waals surface area contributed by atoms with Gasteiger partial charge in [0.1, 0.15) is 5.82 Å². The number of aromatic nitrogens is 2. The van der Waals surface area contributed by atoms with Gasteiger partial charge in [0.15, 0.2) is 0 Å². The molecule has 0 spiro atoms. The Balaban J connectivity index is 1.64. The molecular formula is C21H15ClN4O. The summed E-state index contributed by atoms with van der Waals surface area (Å²) in [5, 5.41) is 8.75. The Bertz CT molecular complexity index is 1110. The lowest BCUT2D eigenvalue weighted by Crippen LogP contribution is -2.14. The van der Waals surface area contributed by atoms with Crippen molar-refractivity contribution in [1.29, 1.82) is 0 Å². The summed E-state index contributed by atoms with van der Waals surface area (Å²) in [6.07, 6.45) is 5.18. The fraction of sp³-hybridized carbons (Fsp3) is 0. The van der Waals surface area contributed by atoms with E-state index in [2.05, 4.69) is 20.6 Å². The average Bonchev–Trinajstić information content (AvgIpc) is 2.70. The van der Waals surface area contributed by atoms with Crippen molar-refractivity contribution in [3.05, 3.63) is 89.8 Å². The molecule has 2 aromatic carbocycles. The number of anilines is 3. The van der Waals surface area contributed by atoms with Crippen LogP contribution < -0.4 is 10.6 Å². The zero-order valence-electron chi connectivity index (χ0n) is 14.2. The lowest BCUT2D eigenvalue weighted by molar-refractivity contribution is 0.102. The first-order chi connectivity index (χ1) is 13.2. The summed E-state index contributed by atoms with van der Waals surface area (Å²) in [6.45, 7) is 0. The first-order valence-corrected chi connectivity index (χ1v) is 8.70. The number of hydrogen-bond acceptors (Lipinski definition) is 4. The van der Waals surface area contributed by atoms with Crippen molar-refractivity contribution in [3.8, 4) is 0 Å². The highest BCUT2D eigenvalue weighted by Crippen LogP contribution is 2.26. The molecule has 0 aliphatic rings. The third-order valence-corrected chi connectivity index (χ3v) is 4.34. The molecule has 0 saturated heterocycles. The van der Waals surface area contributed by atoms with Gasteiger partial charge >= 0.3 is 0 Å². The average molecular weight is 375 g/mol. The van der Waals surface area contributed by atoms with E-state index in [4.69, 9.17) is 11.6 Å². The number of amides is 1. The first-order valence-electron chi connectivity index (χ1n) is 8.32. The molecule has 0 atom stereocenters. The number of pyridine rings is 2. The molecule has 0 bridgehead atoms. The van der Waals surface area contributed by atoms with Crippen LogP contribution in [0.15, 0.2) is 79.3 Å². The maximum Gasteiger partial charge on any atom is 0.259 e. The maximum atomic E-state index is 12.7. The molecule has 4 aromatic rings. The second-order valence-electron chi connectivity index (χ2n) is 5.89. The highest BCUT2D eigenvalue weighted by molar-refractivity contribution is 6.30. The number of carbonyl (C=O) groups is 1. The Labute approximate surface area is 161 Å². The third-order valence-electron chi connectivity index (χ3n) is 4.09. The molecule has 0 unspecified atom stereocenters. The van der Waals surface area contributed by atoms with E-state index < -0.39 is 0 Å². The Morgan fingerprint density at radius 2 is 1.78 bits per heavy atom. The van der Waals surface area contributed by atoms with Gasteiger partial charge in [-0.3, -0.25) is 9.78 Å². The maximum absolute atomic E-state index is 12.7. The number of halogens is 1. The molecule has 5 nitrogen and oxygen atoms in total. The molecule has 1 amide bonds. The molecule has 2 N–H and O–H groups in total. The van der Waals surface area contributed by atoms with Gasteiger partial charge in [-0.2, -0.15) is 0 Å². The van der Waals surface area contributed by atoms with E-state index in [0.717, 1.165) is 16.5 Å². The predicted octanol–water partition coefficient (Wildman–Crippen LogP) is 5.28. The lowest BCUT2D eigenvalue weighted by Gasteiger charge is -2.13. The Morgan fingerprint density at radius 3 is 2.63 bits per heavy atom. The zero-order valence-corrected chi connectivity index (χ0v) is 14.9. The standard InChI is InChI=1S/C21H15ClN4O/c22-15-6-8-16(9-7-15)25-21(27)18-4-2-11-24-20(18)26-19-5-1-3-14-13-23-12-10-17(14)19/h1-13H,(H,24,26)(H,25,27). The van der Waals surface area contributed by atoms with Crippen molar-refractivity contribution in [3.63, 3.8) is 0 Å². The van der Waals surface area contributed by atoms with Gasteiger partial charge in [0.2, 0.25) is 0 Å². The summed E-state index contributed by atoms with van der Waals surface area (Å²) in [7, 11) is 0. The van der Waals surface area contributed by atoms with Crippen LogP contribution in [0.5, 0.6) is 0 Å². The second kappa shape index (κ2) is 7.43. The molecule has 4 rings (SSSR count). The SMILES string of the molecule is O=C(Nc1ccc(Cl)cc1)c1cccnc1Nc1cccc2cnccc12. The molecule has 2 heterocycles. The molecule has 132 valence electrons. The largest absolute Gasteiger partial charge is 0.339 e. The smallest absolute Gasteiger partial charge is 0.259 e. The van der Waals surface area contributed by atoms with Crippen molar-refractivity contribution >= 4 is 45.5 Å². The molecule has 6 heteroatoms. The number of carbonyl (C=O) groups excluding carboxylic acids is 1. The summed E-state index contributed by atoms with van der Waals surface area (Å²) in [4.78, 5) is 21.2. The van der Waals surface area contributed by atoms with Crippen LogP contribution >= 0.6 is 11.6 Å². The van der Waals surface area contributed by atoms with Gasteiger partial charge in [0, 0.05) is 45.8 Å². The predicted molar refractivity (Wildman–Crippen MR) is 109 cm³/mol. The minimum atomic E-state index is -0.255. The molecule has 27 heavy (non-hydrogen) atoms. The fourth-order valence-corrected chi connectivity index (χ4v) is 2.90. The minimum Gasteiger partial charge on any atom is -0.339 e. The van der Waals surface area contributed by atoms with Gasteiger partial charge in [0.05, 0.1) is 5.56 Å². The van der Waals surface area contributed by atoms with E-state index in [1.807, 2.05) is 24.3 Å². The van der Waals surface area contributed by atoms with Crippen LogP contribution in [-0.2, 0) is 0 Å². The van der Waals surface area contributed by atoms with Crippen LogP contribution in [0.1, 0.15) is 10.4 Å². The van der Waals surface area contributed by atoms with Crippen LogP contribution in [-0.4, -0.2) is 15.9 Å². The molecule has 0 aliphatic carbocycles. The van der Waals surface area contributed by atoms with Crippen LogP contribution in [0, 0.1) is 0 Å². The van der Waals surface area contributed by atoms with Gasteiger partial charge in [-0.25, -0.2) is 4.98 Å². The van der Waals surface area contributed by atoms with Crippen LogP contribution in [0.25, 0.3) is 10.8 Å². The summed E-state index contributed by atoms with van der Waals surface area (Å²) in [5.74, 6) is 0.225. The fourth-order valence-electron chi connectivity index (χ4n) is 2.78. The molecule has 0 aliphatic heterocycles. The highest BCUT2D eigenvalue weighted by atomic mass is 35.5. The normalized spacial score (nSPS) is 10.6. The van der Waals surface area contributed by atoms with Gasteiger partial charge in [0.25, 0.3) is 5.91 Å². The van der Waals surface area contributed by atoms with E-state index >= 15 is 0 Å². The molecule has 0 fully saturated rings. The van der Waals surface area contributed by atoms with Crippen molar-refractivity contribution in [2.24, 2.45) is 0 Å². The molecule has 0 saturated carbocycles. The summed E-state index contributed by atoms with van der Waals surface area (Å²) in [5.41, 5.74) is 1.96. The minimum absolute atomic E-state index is 0.255. The van der Waals surface area contributed by atoms with Gasteiger partial charge < -0.3 is 10.6 Å². The van der Waals surface area contributed by atoms with E-state index in [9.17, 15) is 4.79 Å². The molecular weight excluding hydrogens is 360 g/mol. The first kappa shape index (κ1) is 17.0. The van der Waals surface area contributed by atoms with Gasteiger partial charge in [-0.05, 0) is 48.5 Å². The Hall–Kier alpha value is -3.44. The third kappa shape index (κ3) is 3.73. The van der Waals surface area contributed by atoms with Crippen molar-refractivity contribution < 1.29 is 4.79 Å². The Morgan fingerprint density at radius 1 is 0.926 bits per heavy atom. The molecule has 0 radical (unpaired) electrons. The number of nitrogens with one attached hydrogen (secondary N) is 2. The van der Waals surface area contributed by atoms with E-state index in [-0.39, 0.29) is 5.91 Å².